The summed E-state index contributed by atoms with van der Waals surface area (Å²) in [5.74, 6) is 2.89. The fourth-order valence-corrected chi connectivity index (χ4v) is 3.51. The molecule has 2 atom stereocenters. The van der Waals surface area contributed by atoms with E-state index in [-0.39, 0.29) is 12.5 Å². The number of fused-ring (bicyclic) bond motifs is 1. The van der Waals surface area contributed by atoms with Gasteiger partial charge in [-0.05, 0) is 38.8 Å². The van der Waals surface area contributed by atoms with Gasteiger partial charge in [0.25, 0.3) is 0 Å². The lowest BCUT2D eigenvalue weighted by Crippen LogP contribution is -2.35. The lowest BCUT2D eigenvalue weighted by atomic mass is 9.95. The first-order valence-electron chi connectivity index (χ1n) is 7.59. The zero-order valence-electron chi connectivity index (χ0n) is 11.8. The quantitative estimate of drug-likeness (QED) is 0.895. The van der Waals surface area contributed by atoms with Crippen LogP contribution in [-0.4, -0.2) is 51.0 Å². The van der Waals surface area contributed by atoms with Crippen molar-refractivity contribution in [3.63, 3.8) is 0 Å². The van der Waals surface area contributed by atoms with Gasteiger partial charge in [-0.25, -0.2) is 0 Å². The molecule has 3 heterocycles. The summed E-state index contributed by atoms with van der Waals surface area (Å²) in [6.07, 6.45) is 4.65. The molecule has 0 bridgehead atoms. The Morgan fingerprint density at radius 2 is 1.95 bits per heavy atom. The van der Waals surface area contributed by atoms with Gasteiger partial charge in [-0.2, -0.15) is 0 Å². The van der Waals surface area contributed by atoms with Crippen molar-refractivity contribution >= 4 is 0 Å². The molecule has 106 valence electrons. The van der Waals surface area contributed by atoms with Gasteiger partial charge in [-0.3, -0.25) is 0 Å². The van der Waals surface area contributed by atoms with Gasteiger partial charge in [0.15, 0.2) is 0 Å². The van der Waals surface area contributed by atoms with Crippen molar-refractivity contribution in [1.82, 2.24) is 19.7 Å². The van der Waals surface area contributed by atoms with Crippen LogP contribution >= 0.6 is 0 Å². The Kier molecular flexibility index (Phi) is 3.84. The topological polar surface area (TPSA) is 54.2 Å². The predicted octanol–water partition coefficient (Wildman–Crippen LogP) is 1.35. The van der Waals surface area contributed by atoms with Crippen molar-refractivity contribution < 1.29 is 5.11 Å². The van der Waals surface area contributed by atoms with E-state index in [0.29, 0.717) is 5.92 Å². The number of piperidine rings is 1. The maximum atomic E-state index is 9.45. The largest absolute Gasteiger partial charge is 0.396 e. The zero-order valence-corrected chi connectivity index (χ0v) is 11.8. The second-order valence-electron chi connectivity index (χ2n) is 5.82. The monoisotopic (exact) mass is 264 g/mol. The summed E-state index contributed by atoms with van der Waals surface area (Å²) in [6, 6.07) is 0. The minimum Gasteiger partial charge on any atom is -0.396 e. The second-order valence-corrected chi connectivity index (χ2v) is 5.82. The van der Waals surface area contributed by atoms with Gasteiger partial charge >= 0.3 is 0 Å². The molecule has 0 spiro atoms. The Morgan fingerprint density at radius 3 is 2.74 bits per heavy atom. The molecular weight excluding hydrogens is 240 g/mol. The number of aliphatic hydroxyl groups is 1. The molecule has 0 aliphatic carbocycles. The molecule has 0 amide bonds. The van der Waals surface area contributed by atoms with Crippen LogP contribution in [0.2, 0.25) is 0 Å². The van der Waals surface area contributed by atoms with Gasteiger partial charge in [-0.1, -0.05) is 6.92 Å². The molecule has 0 radical (unpaired) electrons. The summed E-state index contributed by atoms with van der Waals surface area (Å²) < 4.78 is 2.29. The number of likely N-dealkylation sites (N-methyl/N-ethyl adjacent to an activating group) is 1. The third-order valence-corrected chi connectivity index (χ3v) is 4.65. The van der Waals surface area contributed by atoms with E-state index >= 15 is 0 Å². The number of rotatable bonds is 3. The van der Waals surface area contributed by atoms with Crippen molar-refractivity contribution in [3.05, 3.63) is 11.6 Å². The maximum absolute atomic E-state index is 9.45. The van der Waals surface area contributed by atoms with E-state index in [1.54, 1.807) is 0 Å². The summed E-state index contributed by atoms with van der Waals surface area (Å²) in [6.45, 7) is 6.90. The smallest absolute Gasteiger partial charge is 0.138 e. The van der Waals surface area contributed by atoms with Crippen molar-refractivity contribution in [1.29, 1.82) is 0 Å². The fourth-order valence-electron chi connectivity index (χ4n) is 3.51. The summed E-state index contributed by atoms with van der Waals surface area (Å²) in [5.41, 5.74) is 0. The number of hydrogen-bond acceptors (Lipinski definition) is 4. The molecule has 1 saturated heterocycles. The molecule has 2 unspecified atom stereocenters. The molecule has 0 aromatic carbocycles. The molecule has 5 heteroatoms. The third kappa shape index (κ3) is 2.41. The normalized spacial score (nSPS) is 28.3. The zero-order chi connectivity index (χ0) is 13.2. The van der Waals surface area contributed by atoms with Crippen LogP contribution in [0.3, 0.4) is 0 Å². The van der Waals surface area contributed by atoms with Crippen molar-refractivity contribution in [2.24, 2.45) is 0 Å². The summed E-state index contributed by atoms with van der Waals surface area (Å²) in [4.78, 5) is 2.50. The van der Waals surface area contributed by atoms with Gasteiger partial charge in [-0.15, -0.1) is 10.2 Å². The number of likely N-dealkylation sites (tertiary alicyclic amines) is 1. The number of aromatic nitrogens is 3. The summed E-state index contributed by atoms with van der Waals surface area (Å²) in [7, 11) is 0. The minimum absolute atomic E-state index is 0.195. The van der Waals surface area contributed by atoms with Crippen molar-refractivity contribution in [3.8, 4) is 0 Å². The Morgan fingerprint density at radius 1 is 1.16 bits per heavy atom. The van der Waals surface area contributed by atoms with E-state index in [0.717, 1.165) is 44.1 Å². The first-order valence-corrected chi connectivity index (χ1v) is 7.59. The first-order chi connectivity index (χ1) is 9.33. The molecule has 0 saturated carbocycles. The van der Waals surface area contributed by atoms with Crippen LogP contribution in [0.5, 0.6) is 0 Å². The highest BCUT2D eigenvalue weighted by Gasteiger charge is 2.30. The lowest BCUT2D eigenvalue weighted by Gasteiger charge is -2.32. The van der Waals surface area contributed by atoms with Crippen molar-refractivity contribution in [2.75, 3.05) is 26.2 Å². The van der Waals surface area contributed by atoms with E-state index in [9.17, 15) is 5.11 Å². The van der Waals surface area contributed by atoms with Gasteiger partial charge in [0, 0.05) is 24.9 Å². The molecule has 1 aromatic rings. The Bertz CT molecular complexity index is 431. The fraction of sp³-hybridized carbons (Fsp3) is 0.857. The highest BCUT2D eigenvalue weighted by atomic mass is 16.3. The highest BCUT2D eigenvalue weighted by molar-refractivity contribution is 5.10. The average molecular weight is 264 g/mol. The first kappa shape index (κ1) is 13.1. The van der Waals surface area contributed by atoms with E-state index < -0.39 is 0 Å². The molecule has 19 heavy (non-hydrogen) atoms. The van der Waals surface area contributed by atoms with Crippen LogP contribution in [0.15, 0.2) is 0 Å². The molecule has 5 nitrogen and oxygen atoms in total. The molecule has 3 rings (SSSR count). The SMILES string of the molecule is CCN1CCCC(c2nnc3n2CCCC3CO)C1. The average Bonchev–Trinajstić information content (AvgIpc) is 2.91. The molecule has 1 N–H and O–H groups in total. The predicted molar refractivity (Wildman–Crippen MR) is 73.2 cm³/mol. The molecule has 2 aliphatic rings. The maximum Gasteiger partial charge on any atom is 0.138 e. The molecular formula is C14H24N4O. The Hall–Kier alpha value is -0.940. The molecule has 1 aromatic heterocycles. The Balaban J connectivity index is 1.83. The van der Waals surface area contributed by atoms with E-state index in [1.807, 2.05) is 0 Å². The van der Waals surface area contributed by atoms with Gasteiger partial charge in [0.1, 0.15) is 11.6 Å². The van der Waals surface area contributed by atoms with Crippen LogP contribution in [0, 0.1) is 0 Å². The van der Waals surface area contributed by atoms with Crippen molar-refractivity contribution in [2.45, 2.75) is 51.0 Å². The Labute approximate surface area is 114 Å². The van der Waals surface area contributed by atoms with Gasteiger partial charge in [0.2, 0.25) is 0 Å². The standard InChI is InChI=1S/C14H24N4O/c1-2-17-7-3-5-11(9-17)13-15-16-14-12(10-19)6-4-8-18(13)14/h11-12,19H,2-10H2,1H3. The minimum atomic E-state index is 0.195. The second kappa shape index (κ2) is 5.59. The van der Waals surface area contributed by atoms with Crippen LogP contribution in [0.4, 0.5) is 0 Å². The van der Waals surface area contributed by atoms with E-state index in [4.69, 9.17) is 0 Å². The number of hydrogen-bond donors (Lipinski definition) is 1. The lowest BCUT2D eigenvalue weighted by molar-refractivity contribution is 0.208. The van der Waals surface area contributed by atoms with Crippen LogP contribution in [0.1, 0.15) is 56.1 Å². The van der Waals surface area contributed by atoms with E-state index in [2.05, 4.69) is 26.6 Å². The van der Waals surface area contributed by atoms with Crippen LogP contribution in [0.25, 0.3) is 0 Å². The molecule has 1 fully saturated rings. The van der Waals surface area contributed by atoms with E-state index in [1.165, 1.54) is 19.4 Å². The summed E-state index contributed by atoms with van der Waals surface area (Å²) in [5, 5.41) is 18.3. The highest BCUT2D eigenvalue weighted by Crippen LogP contribution is 2.31. The van der Waals surface area contributed by atoms with Crippen LogP contribution in [-0.2, 0) is 6.54 Å². The summed E-state index contributed by atoms with van der Waals surface area (Å²) >= 11 is 0. The van der Waals surface area contributed by atoms with Gasteiger partial charge in [0.05, 0.1) is 6.61 Å². The molecule has 2 aliphatic heterocycles. The number of aliphatic hydroxyl groups excluding tert-OH is 1. The number of nitrogens with zero attached hydrogens (tertiary/aromatic N) is 4. The van der Waals surface area contributed by atoms with Crippen LogP contribution < -0.4 is 0 Å². The third-order valence-electron chi connectivity index (χ3n) is 4.65. The van der Waals surface area contributed by atoms with Gasteiger partial charge < -0.3 is 14.6 Å².